The molecule has 2 rings (SSSR count). The maximum atomic E-state index is 6.37. The van der Waals surface area contributed by atoms with E-state index < -0.39 is 0 Å². The number of hydrogen-bond acceptors (Lipinski definition) is 3. The molecule has 6 heteroatoms. The standard InChI is InChI=1S/C13H17BrClN3O/c1-3-9-13(15)10(18(4-2)17-9)7-8(16)11-5-6-12(14)19-11/h5-6,8H,3-4,7,16H2,1-2H3. The lowest BCUT2D eigenvalue weighted by molar-refractivity contribution is 0.441. The van der Waals surface area contributed by atoms with Crippen LogP contribution in [-0.4, -0.2) is 9.78 Å². The van der Waals surface area contributed by atoms with E-state index in [1.165, 1.54) is 0 Å². The fraction of sp³-hybridized carbons (Fsp3) is 0.462. The van der Waals surface area contributed by atoms with E-state index in [2.05, 4.69) is 21.0 Å². The number of nitrogens with two attached hydrogens (primary N) is 1. The van der Waals surface area contributed by atoms with Gasteiger partial charge < -0.3 is 10.2 Å². The highest BCUT2D eigenvalue weighted by Crippen LogP contribution is 2.27. The highest BCUT2D eigenvalue weighted by molar-refractivity contribution is 9.10. The van der Waals surface area contributed by atoms with E-state index in [9.17, 15) is 0 Å². The Balaban J connectivity index is 2.25. The molecule has 0 radical (unpaired) electrons. The third-order valence-corrected chi connectivity index (χ3v) is 3.93. The number of rotatable bonds is 5. The summed E-state index contributed by atoms with van der Waals surface area (Å²) in [5.41, 5.74) is 8.06. The average Bonchev–Trinajstić information content (AvgIpc) is 2.95. The zero-order valence-electron chi connectivity index (χ0n) is 11.0. The molecule has 2 heterocycles. The van der Waals surface area contributed by atoms with E-state index in [0.29, 0.717) is 11.1 Å². The molecule has 0 aliphatic rings. The SMILES string of the molecule is CCc1nn(CC)c(CC(N)c2ccc(Br)o2)c1Cl. The molecule has 104 valence electrons. The summed E-state index contributed by atoms with van der Waals surface area (Å²) in [6.07, 6.45) is 1.43. The van der Waals surface area contributed by atoms with E-state index in [1.807, 2.05) is 30.7 Å². The van der Waals surface area contributed by atoms with Crippen LogP contribution < -0.4 is 5.73 Å². The largest absolute Gasteiger partial charge is 0.453 e. The summed E-state index contributed by atoms with van der Waals surface area (Å²) < 4.78 is 8.08. The van der Waals surface area contributed by atoms with Crippen LogP contribution in [0.3, 0.4) is 0 Å². The van der Waals surface area contributed by atoms with Crippen molar-refractivity contribution in [2.45, 2.75) is 39.3 Å². The molecule has 19 heavy (non-hydrogen) atoms. The van der Waals surface area contributed by atoms with Gasteiger partial charge in [-0.25, -0.2) is 0 Å². The van der Waals surface area contributed by atoms with Gasteiger partial charge in [-0.05, 0) is 41.4 Å². The Hall–Kier alpha value is -0.780. The summed E-state index contributed by atoms with van der Waals surface area (Å²) in [5, 5.41) is 5.22. The van der Waals surface area contributed by atoms with Crippen LogP contribution in [0.5, 0.6) is 0 Å². The Kier molecular flexibility index (Phi) is 4.71. The zero-order valence-corrected chi connectivity index (χ0v) is 13.3. The van der Waals surface area contributed by atoms with Crippen LogP contribution in [0.2, 0.25) is 5.02 Å². The summed E-state index contributed by atoms with van der Waals surface area (Å²) >= 11 is 9.64. The second-order valence-corrected chi connectivity index (χ2v) is 5.49. The van der Waals surface area contributed by atoms with Crippen molar-refractivity contribution < 1.29 is 4.42 Å². The highest BCUT2D eigenvalue weighted by atomic mass is 79.9. The Bertz CT molecular complexity index is 564. The first-order valence-corrected chi connectivity index (χ1v) is 7.48. The number of aromatic nitrogens is 2. The predicted molar refractivity (Wildman–Crippen MR) is 79.3 cm³/mol. The Morgan fingerprint density at radius 1 is 1.47 bits per heavy atom. The van der Waals surface area contributed by atoms with Crippen molar-refractivity contribution in [2.24, 2.45) is 5.73 Å². The molecule has 4 nitrogen and oxygen atoms in total. The fourth-order valence-corrected chi connectivity index (χ4v) is 2.71. The monoisotopic (exact) mass is 345 g/mol. The van der Waals surface area contributed by atoms with E-state index >= 15 is 0 Å². The molecule has 2 N–H and O–H groups in total. The fourth-order valence-electron chi connectivity index (χ4n) is 2.05. The molecule has 0 saturated carbocycles. The number of aryl methyl sites for hydroxylation is 2. The lowest BCUT2D eigenvalue weighted by Crippen LogP contribution is -2.15. The predicted octanol–water partition coefficient (Wildman–Crippen LogP) is 3.72. The van der Waals surface area contributed by atoms with Crippen LogP contribution in [0, 0.1) is 0 Å². The molecule has 0 saturated heterocycles. The number of nitrogens with zero attached hydrogens (tertiary/aromatic N) is 2. The van der Waals surface area contributed by atoms with Crippen LogP contribution >= 0.6 is 27.5 Å². The van der Waals surface area contributed by atoms with Crippen molar-refractivity contribution in [2.75, 3.05) is 0 Å². The second kappa shape index (κ2) is 6.11. The lowest BCUT2D eigenvalue weighted by Gasteiger charge is -2.10. The third-order valence-electron chi connectivity index (χ3n) is 3.07. The Morgan fingerprint density at radius 2 is 2.21 bits per heavy atom. The number of halogens is 2. The van der Waals surface area contributed by atoms with Crippen molar-refractivity contribution in [3.05, 3.63) is 39.0 Å². The van der Waals surface area contributed by atoms with Crippen LogP contribution in [0.15, 0.2) is 21.2 Å². The molecule has 1 atom stereocenters. The second-order valence-electron chi connectivity index (χ2n) is 4.33. The van der Waals surface area contributed by atoms with Gasteiger partial charge in [-0.3, -0.25) is 4.68 Å². The molecule has 0 aliphatic carbocycles. The normalized spacial score (nSPS) is 12.9. The summed E-state index contributed by atoms with van der Waals surface area (Å²) in [6.45, 7) is 4.87. The maximum Gasteiger partial charge on any atom is 0.169 e. The van der Waals surface area contributed by atoms with Crippen LogP contribution in [0.1, 0.15) is 37.0 Å². The van der Waals surface area contributed by atoms with Gasteiger partial charge in [0.2, 0.25) is 0 Å². The molecule has 0 aliphatic heterocycles. The van der Waals surface area contributed by atoms with Gasteiger partial charge in [0, 0.05) is 13.0 Å². The summed E-state index contributed by atoms with van der Waals surface area (Å²) in [7, 11) is 0. The molecule has 0 spiro atoms. The molecule has 0 bridgehead atoms. The number of hydrogen-bond donors (Lipinski definition) is 1. The molecule has 2 aromatic rings. The topological polar surface area (TPSA) is 57.0 Å². The first kappa shape index (κ1) is 14.6. The van der Waals surface area contributed by atoms with Gasteiger partial charge in [0.15, 0.2) is 4.67 Å². The molecule has 0 aromatic carbocycles. The summed E-state index contributed by atoms with van der Waals surface area (Å²) in [4.78, 5) is 0. The van der Waals surface area contributed by atoms with Crippen molar-refractivity contribution in [1.82, 2.24) is 9.78 Å². The summed E-state index contributed by atoms with van der Waals surface area (Å²) in [5.74, 6) is 0.741. The van der Waals surface area contributed by atoms with Gasteiger partial charge in [-0.15, -0.1) is 0 Å². The van der Waals surface area contributed by atoms with Crippen molar-refractivity contribution in [3.63, 3.8) is 0 Å². The van der Waals surface area contributed by atoms with Crippen LogP contribution in [0.4, 0.5) is 0 Å². The van der Waals surface area contributed by atoms with Gasteiger partial charge in [0.25, 0.3) is 0 Å². The van der Waals surface area contributed by atoms with Gasteiger partial charge in [0.1, 0.15) is 5.76 Å². The van der Waals surface area contributed by atoms with Crippen LogP contribution in [0.25, 0.3) is 0 Å². The molecule has 1 unspecified atom stereocenters. The van der Waals surface area contributed by atoms with Crippen molar-refractivity contribution in [3.8, 4) is 0 Å². The van der Waals surface area contributed by atoms with Crippen molar-refractivity contribution >= 4 is 27.5 Å². The first-order valence-electron chi connectivity index (χ1n) is 6.31. The van der Waals surface area contributed by atoms with E-state index in [-0.39, 0.29) is 6.04 Å². The molecule has 0 amide bonds. The lowest BCUT2D eigenvalue weighted by atomic mass is 10.1. The number of furan rings is 1. The zero-order chi connectivity index (χ0) is 14.0. The van der Waals surface area contributed by atoms with E-state index in [1.54, 1.807) is 0 Å². The molecule has 0 fully saturated rings. The minimum atomic E-state index is -0.226. The van der Waals surface area contributed by atoms with Gasteiger partial charge in [-0.1, -0.05) is 18.5 Å². The molecular formula is C13H17BrClN3O. The van der Waals surface area contributed by atoms with E-state index in [0.717, 1.165) is 35.1 Å². The van der Waals surface area contributed by atoms with Gasteiger partial charge in [-0.2, -0.15) is 5.10 Å². The van der Waals surface area contributed by atoms with E-state index in [4.69, 9.17) is 21.8 Å². The minimum Gasteiger partial charge on any atom is -0.453 e. The minimum absolute atomic E-state index is 0.226. The smallest absolute Gasteiger partial charge is 0.169 e. The Labute approximate surface area is 126 Å². The maximum absolute atomic E-state index is 6.37. The van der Waals surface area contributed by atoms with Gasteiger partial charge >= 0.3 is 0 Å². The summed E-state index contributed by atoms with van der Waals surface area (Å²) in [6, 6.07) is 3.48. The van der Waals surface area contributed by atoms with Crippen molar-refractivity contribution in [1.29, 1.82) is 0 Å². The first-order chi connectivity index (χ1) is 9.06. The van der Waals surface area contributed by atoms with Crippen LogP contribution in [-0.2, 0) is 19.4 Å². The van der Waals surface area contributed by atoms with Gasteiger partial charge in [0.05, 0.1) is 22.5 Å². The Morgan fingerprint density at radius 3 is 2.74 bits per heavy atom. The third kappa shape index (κ3) is 3.04. The quantitative estimate of drug-likeness (QED) is 0.897. The average molecular weight is 347 g/mol. The molecular weight excluding hydrogens is 330 g/mol. The highest BCUT2D eigenvalue weighted by Gasteiger charge is 2.19. The molecule has 2 aromatic heterocycles.